The summed E-state index contributed by atoms with van der Waals surface area (Å²) in [6.07, 6.45) is -4.34. The predicted octanol–water partition coefficient (Wildman–Crippen LogP) is 2.93. The molecule has 2 unspecified atom stereocenters. The smallest absolute Gasteiger partial charge is 0.324 e. The Morgan fingerprint density at radius 2 is 2.05 bits per heavy atom. The van der Waals surface area contributed by atoms with Crippen LogP contribution >= 0.6 is 0 Å². The molecule has 0 radical (unpaired) electrons. The van der Waals surface area contributed by atoms with E-state index in [4.69, 9.17) is 0 Å². The fourth-order valence-corrected chi connectivity index (χ4v) is 2.41. The molecule has 0 saturated carbocycles. The van der Waals surface area contributed by atoms with E-state index in [1.807, 2.05) is 6.92 Å². The fraction of sp³-hybridized carbons (Fsp3) is 0.500. The number of likely N-dealkylation sites (N-methyl/N-ethyl adjacent to an activating group) is 1. The summed E-state index contributed by atoms with van der Waals surface area (Å²) in [5, 5.41) is 3.12. The molecule has 1 fully saturated rings. The first kappa shape index (κ1) is 14.8. The highest BCUT2D eigenvalue weighted by Crippen LogP contribution is 2.34. The molecule has 0 bridgehead atoms. The van der Waals surface area contributed by atoms with Crippen LogP contribution in [0.3, 0.4) is 0 Å². The third kappa shape index (κ3) is 2.40. The van der Waals surface area contributed by atoms with Crippen molar-refractivity contribution in [3.05, 3.63) is 35.4 Å². The van der Waals surface area contributed by atoms with Crippen LogP contribution in [0.25, 0.3) is 0 Å². The van der Waals surface area contributed by atoms with E-state index < -0.39 is 23.4 Å². The van der Waals surface area contributed by atoms with Gasteiger partial charge in [-0.2, -0.15) is 13.2 Å². The Labute approximate surface area is 115 Å². The number of hydrogen-bond acceptors (Lipinski definition) is 2. The van der Waals surface area contributed by atoms with E-state index in [9.17, 15) is 18.0 Å². The summed E-state index contributed by atoms with van der Waals surface area (Å²) in [7, 11) is 1.60. The zero-order valence-corrected chi connectivity index (χ0v) is 11.6. The SMILES string of the molecule is CCC1(C)NC(c2cccc(C(F)(F)F)c2)N(C)C1=O. The topological polar surface area (TPSA) is 32.3 Å². The van der Waals surface area contributed by atoms with Gasteiger partial charge in [-0.15, -0.1) is 0 Å². The van der Waals surface area contributed by atoms with E-state index >= 15 is 0 Å². The van der Waals surface area contributed by atoms with Crippen molar-refractivity contribution < 1.29 is 18.0 Å². The van der Waals surface area contributed by atoms with E-state index in [2.05, 4.69) is 5.32 Å². The minimum Gasteiger partial charge on any atom is -0.324 e. The average molecular weight is 286 g/mol. The van der Waals surface area contributed by atoms with Gasteiger partial charge in [0.1, 0.15) is 6.17 Å². The van der Waals surface area contributed by atoms with Crippen LogP contribution in [-0.2, 0) is 11.0 Å². The molecule has 6 heteroatoms. The third-order valence-corrected chi connectivity index (χ3v) is 3.87. The molecule has 1 N–H and O–H groups in total. The molecule has 0 aliphatic carbocycles. The maximum Gasteiger partial charge on any atom is 0.416 e. The summed E-state index contributed by atoms with van der Waals surface area (Å²) in [5.74, 6) is -0.109. The van der Waals surface area contributed by atoms with Gasteiger partial charge in [0.05, 0.1) is 11.1 Å². The summed E-state index contributed by atoms with van der Waals surface area (Å²) < 4.78 is 38.2. The van der Waals surface area contributed by atoms with Crippen molar-refractivity contribution >= 4 is 5.91 Å². The number of amides is 1. The Bertz CT molecular complexity index is 529. The number of nitrogens with one attached hydrogen (secondary N) is 1. The number of carbonyl (C=O) groups excluding carboxylic acids is 1. The molecule has 2 atom stereocenters. The normalized spacial score (nSPS) is 27.2. The molecular weight excluding hydrogens is 269 g/mol. The number of carbonyl (C=O) groups is 1. The van der Waals surface area contributed by atoms with Crippen molar-refractivity contribution in [2.75, 3.05) is 7.05 Å². The molecule has 1 aliphatic rings. The monoisotopic (exact) mass is 286 g/mol. The van der Waals surface area contributed by atoms with Gasteiger partial charge in [-0.1, -0.05) is 19.1 Å². The lowest BCUT2D eigenvalue weighted by molar-refractivity contribution is -0.137. The molecule has 1 amide bonds. The molecule has 1 aromatic carbocycles. The first-order valence-electron chi connectivity index (χ1n) is 6.41. The van der Waals surface area contributed by atoms with Crippen molar-refractivity contribution in [3.8, 4) is 0 Å². The summed E-state index contributed by atoms with van der Waals surface area (Å²) >= 11 is 0. The molecule has 1 aromatic rings. The zero-order chi connectivity index (χ0) is 15.1. The van der Waals surface area contributed by atoms with Crippen LogP contribution in [0.1, 0.15) is 37.6 Å². The van der Waals surface area contributed by atoms with Gasteiger partial charge in [-0.25, -0.2) is 0 Å². The van der Waals surface area contributed by atoms with Crippen molar-refractivity contribution in [2.45, 2.75) is 38.1 Å². The number of benzene rings is 1. The van der Waals surface area contributed by atoms with E-state index in [1.165, 1.54) is 11.0 Å². The van der Waals surface area contributed by atoms with Crippen LogP contribution in [0.4, 0.5) is 13.2 Å². The summed E-state index contributed by atoms with van der Waals surface area (Å²) in [5.41, 5.74) is -0.996. The number of halogens is 3. The minimum atomic E-state index is -4.38. The van der Waals surface area contributed by atoms with Crippen LogP contribution in [-0.4, -0.2) is 23.4 Å². The summed E-state index contributed by atoms with van der Waals surface area (Å²) in [6.45, 7) is 3.63. The van der Waals surface area contributed by atoms with Crippen molar-refractivity contribution in [1.29, 1.82) is 0 Å². The Morgan fingerprint density at radius 3 is 2.55 bits per heavy atom. The molecule has 2 rings (SSSR count). The maximum atomic E-state index is 12.7. The molecule has 20 heavy (non-hydrogen) atoms. The zero-order valence-electron chi connectivity index (χ0n) is 11.6. The number of hydrogen-bond donors (Lipinski definition) is 1. The minimum absolute atomic E-state index is 0.109. The largest absolute Gasteiger partial charge is 0.416 e. The van der Waals surface area contributed by atoms with Crippen molar-refractivity contribution in [3.63, 3.8) is 0 Å². The summed E-state index contributed by atoms with van der Waals surface area (Å²) in [6, 6.07) is 5.07. The molecule has 1 saturated heterocycles. The van der Waals surface area contributed by atoms with Gasteiger partial charge in [0.15, 0.2) is 0 Å². The average Bonchev–Trinajstić information content (AvgIpc) is 2.63. The molecular formula is C14H17F3N2O. The van der Waals surface area contributed by atoms with Crippen molar-refractivity contribution in [2.24, 2.45) is 0 Å². The van der Waals surface area contributed by atoms with E-state index in [1.54, 1.807) is 20.0 Å². The van der Waals surface area contributed by atoms with Crippen molar-refractivity contribution in [1.82, 2.24) is 10.2 Å². The molecule has 0 aromatic heterocycles. The first-order valence-corrected chi connectivity index (χ1v) is 6.41. The highest BCUT2D eigenvalue weighted by atomic mass is 19.4. The van der Waals surface area contributed by atoms with Crippen LogP contribution in [0, 0.1) is 0 Å². The van der Waals surface area contributed by atoms with Gasteiger partial charge in [0.2, 0.25) is 5.91 Å². The second-order valence-electron chi connectivity index (χ2n) is 5.27. The van der Waals surface area contributed by atoms with Gasteiger partial charge in [0.25, 0.3) is 0 Å². The lowest BCUT2D eigenvalue weighted by Gasteiger charge is -2.21. The first-order chi connectivity index (χ1) is 9.19. The Balaban J connectivity index is 2.36. The van der Waals surface area contributed by atoms with Gasteiger partial charge in [0, 0.05) is 7.05 Å². The lowest BCUT2D eigenvalue weighted by Crippen LogP contribution is -2.42. The second-order valence-corrected chi connectivity index (χ2v) is 5.27. The van der Waals surface area contributed by atoms with Gasteiger partial charge in [-0.3, -0.25) is 10.1 Å². The summed E-state index contributed by atoms with van der Waals surface area (Å²) in [4.78, 5) is 13.6. The standard InChI is InChI=1S/C14H17F3N2O/c1-4-13(2)12(20)19(3)11(18-13)9-6-5-7-10(8-9)14(15,16)17/h5-8,11,18H,4H2,1-3H3. The third-order valence-electron chi connectivity index (χ3n) is 3.87. The molecule has 1 aliphatic heterocycles. The molecule has 3 nitrogen and oxygen atoms in total. The molecule has 1 heterocycles. The van der Waals surface area contributed by atoms with Crippen LogP contribution in [0.2, 0.25) is 0 Å². The van der Waals surface area contributed by atoms with E-state index in [-0.39, 0.29) is 5.91 Å². The van der Waals surface area contributed by atoms with Crippen LogP contribution < -0.4 is 5.32 Å². The Hall–Kier alpha value is -1.56. The number of nitrogens with zero attached hydrogens (tertiary/aromatic N) is 1. The van der Waals surface area contributed by atoms with Gasteiger partial charge in [-0.05, 0) is 31.0 Å². The lowest BCUT2D eigenvalue weighted by atomic mass is 9.99. The molecule has 110 valence electrons. The highest BCUT2D eigenvalue weighted by Gasteiger charge is 2.45. The van der Waals surface area contributed by atoms with E-state index in [0.29, 0.717) is 12.0 Å². The van der Waals surface area contributed by atoms with E-state index in [0.717, 1.165) is 12.1 Å². The Morgan fingerprint density at radius 1 is 1.40 bits per heavy atom. The second kappa shape index (κ2) is 4.77. The molecule has 0 spiro atoms. The van der Waals surface area contributed by atoms with Crippen LogP contribution in [0.15, 0.2) is 24.3 Å². The van der Waals surface area contributed by atoms with Crippen LogP contribution in [0.5, 0.6) is 0 Å². The Kier molecular flexibility index (Phi) is 3.54. The number of alkyl halides is 3. The predicted molar refractivity (Wildman–Crippen MR) is 68.8 cm³/mol. The fourth-order valence-electron chi connectivity index (χ4n) is 2.41. The quantitative estimate of drug-likeness (QED) is 0.906. The highest BCUT2D eigenvalue weighted by molar-refractivity contribution is 5.88. The van der Waals surface area contributed by atoms with Gasteiger partial charge < -0.3 is 4.90 Å². The number of rotatable bonds is 2. The maximum absolute atomic E-state index is 12.7. The van der Waals surface area contributed by atoms with Gasteiger partial charge >= 0.3 is 6.18 Å².